The number of hydrogen-bond donors (Lipinski definition) is 4. The van der Waals surface area contributed by atoms with E-state index in [2.05, 4.69) is 15.9 Å². The predicted molar refractivity (Wildman–Crippen MR) is 167 cm³/mol. The van der Waals surface area contributed by atoms with E-state index < -0.39 is 53.8 Å². The monoisotopic (exact) mass is 662 g/mol. The molecule has 1 saturated heterocycles. The summed E-state index contributed by atoms with van der Waals surface area (Å²) in [6, 6.07) is 19.8. The highest BCUT2D eigenvalue weighted by Crippen LogP contribution is 2.47. The number of phenols is 1. The summed E-state index contributed by atoms with van der Waals surface area (Å²) in [5.41, 5.74) is 2.77. The van der Waals surface area contributed by atoms with E-state index in [1.165, 1.54) is 18.2 Å². The number of imide groups is 1. The van der Waals surface area contributed by atoms with Crippen molar-refractivity contribution in [1.82, 2.24) is 0 Å². The largest absolute Gasteiger partial charge is 0.507 e. The number of rotatable bonds is 10. The zero-order valence-electron chi connectivity index (χ0n) is 23.5. The average Bonchev–Trinajstić information content (AvgIpc) is 3.28. The van der Waals surface area contributed by atoms with Gasteiger partial charge in [-0.2, -0.15) is 0 Å². The molecule has 10 nitrogen and oxygen atoms in total. The van der Waals surface area contributed by atoms with Crippen molar-refractivity contribution in [2.75, 3.05) is 18.1 Å². The van der Waals surface area contributed by atoms with E-state index in [4.69, 9.17) is 0 Å². The Bertz CT molecular complexity index is 1650. The Morgan fingerprint density at radius 3 is 2.48 bits per heavy atom. The lowest BCUT2D eigenvalue weighted by Crippen LogP contribution is -2.39. The summed E-state index contributed by atoms with van der Waals surface area (Å²) in [6.07, 6.45) is 1.19. The zero-order chi connectivity index (χ0) is 31.5. The van der Waals surface area contributed by atoms with Crippen LogP contribution in [0.2, 0.25) is 0 Å². The van der Waals surface area contributed by atoms with E-state index in [0.717, 1.165) is 26.6 Å². The van der Waals surface area contributed by atoms with Gasteiger partial charge in [-0.05, 0) is 71.9 Å². The van der Waals surface area contributed by atoms with E-state index >= 15 is 0 Å². The highest BCUT2D eigenvalue weighted by atomic mass is 79.9. The van der Waals surface area contributed by atoms with Crippen LogP contribution in [-0.4, -0.2) is 56.5 Å². The Labute approximate surface area is 261 Å². The van der Waals surface area contributed by atoms with Crippen molar-refractivity contribution in [3.63, 3.8) is 0 Å². The summed E-state index contributed by atoms with van der Waals surface area (Å²) in [4.78, 5) is 38.8. The van der Waals surface area contributed by atoms with Crippen LogP contribution >= 0.6 is 15.9 Å². The van der Waals surface area contributed by atoms with Crippen LogP contribution in [0.4, 0.5) is 11.4 Å². The summed E-state index contributed by atoms with van der Waals surface area (Å²) in [5.74, 6) is -3.93. The van der Waals surface area contributed by atoms with Gasteiger partial charge in [0.05, 0.1) is 41.8 Å². The Morgan fingerprint density at radius 1 is 1.05 bits per heavy atom. The predicted octanol–water partition coefficient (Wildman–Crippen LogP) is 4.85. The van der Waals surface area contributed by atoms with Crippen LogP contribution in [0.3, 0.4) is 0 Å². The maximum absolute atomic E-state index is 13.7. The molecule has 228 valence electrons. The number of nitro groups is 1. The van der Waals surface area contributed by atoms with Crippen LogP contribution in [0, 0.1) is 27.9 Å². The molecule has 5 rings (SSSR count). The fourth-order valence-corrected chi connectivity index (χ4v) is 6.71. The minimum absolute atomic E-state index is 0.00730. The number of allylic oxidation sites excluding steroid dienone is 1. The number of carbonyl (C=O) groups excluding carboxylic acids is 2. The second-order valence-corrected chi connectivity index (χ2v) is 11.8. The molecule has 44 heavy (non-hydrogen) atoms. The SMILES string of the molecule is O=C1[C@@H]2[C@@H](CC(CO)=C([C@H](O)CC/C(=C/c3cc(Br)ccc3O)c3ccccc3)[C@@H]2CO)C(=O)N1c1cccc([N+](=O)[O-])c1. The van der Waals surface area contributed by atoms with E-state index in [1.807, 2.05) is 36.4 Å². The number of aliphatic hydroxyl groups is 3. The molecule has 3 aromatic rings. The molecule has 2 aliphatic rings. The van der Waals surface area contributed by atoms with Crippen molar-refractivity contribution < 1.29 is 34.9 Å². The van der Waals surface area contributed by atoms with Crippen molar-refractivity contribution in [2.45, 2.75) is 25.4 Å². The summed E-state index contributed by atoms with van der Waals surface area (Å²) >= 11 is 3.43. The summed E-state index contributed by atoms with van der Waals surface area (Å²) < 4.78 is 0.782. The molecule has 0 aromatic heterocycles. The van der Waals surface area contributed by atoms with Gasteiger partial charge in [-0.3, -0.25) is 19.7 Å². The van der Waals surface area contributed by atoms with Gasteiger partial charge in [0, 0.05) is 28.1 Å². The zero-order valence-corrected chi connectivity index (χ0v) is 25.1. The van der Waals surface area contributed by atoms with Gasteiger partial charge < -0.3 is 20.4 Å². The van der Waals surface area contributed by atoms with Crippen molar-refractivity contribution >= 4 is 50.8 Å². The summed E-state index contributed by atoms with van der Waals surface area (Å²) in [5, 5.41) is 54.1. The van der Waals surface area contributed by atoms with E-state index in [0.29, 0.717) is 23.1 Å². The third-order valence-corrected chi connectivity index (χ3v) is 8.87. The topological polar surface area (TPSA) is 161 Å². The Balaban J connectivity index is 1.44. The van der Waals surface area contributed by atoms with Gasteiger partial charge in [-0.1, -0.05) is 52.3 Å². The molecule has 1 heterocycles. The maximum atomic E-state index is 13.7. The number of amides is 2. The van der Waals surface area contributed by atoms with Gasteiger partial charge >= 0.3 is 0 Å². The second-order valence-electron chi connectivity index (χ2n) is 10.9. The number of aromatic hydroxyl groups is 1. The number of non-ortho nitro benzene ring substituents is 1. The van der Waals surface area contributed by atoms with Crippen LogP contribution in [0.25, 0.3) is 11.6 Å². The second kappa shape index (κ2) is 13.2. The minimum Gasteiger partial charge on any atom is -0.507 e. The Hall–Kier alpha value is -4.16. The summed E-state index contributed by atoms with van der Waals surface area (Å²) in [7, 11) is 0. The quantitative estimate of drug-likeness (QED) is 0.0787. The maximum Gasteiger partial charge on any atom is 0.271 e. The fourth-order valence-electron chi connectivity index (χ4n) is 6.33. The van der Waals surface area contributed by atoms with Crippen LogP contribution in [0.5, 0.6) is 5.75 Å². The first-order valence-electron chi connectivity index (χ1n) is 14.1. The molecule has 1 aliphatic carbocycles. The number of aliphatic hydroxyl groups excluding tert-OH is 3. The highest BCUT2D eigenvalue weighted by molar-refractivity contribution is 9.10. The normalized spacial score (nSPS) is 21.0. The molecule has 4 N–H and O–H groups in total. The lowest BCUT2D eigenvalue weighted by atomic mass is 9.68. The first kappa shape index (κ1) is 31.3. The van der Waals surface area contributed by atoms with E-state index in [-0.39, 0.29) is 30.0 Å². The molecule has 0 unspecified atom stereocenters. The van der Waals surface area contributed by atoms with E-state index in [1.54, 1.807) is 18.2 Å². The standard InChI is InChI=1S/C33H31BrN2O8/c34-23-10-12-28(39)21(14-23)13-20(19-5-2-1-3-6-19)9-11-29(40)30-22(17-37)15-26-31(27(30)18-38)33(42)35(32(26)41)24-7-4-8-25(16-24)36(43)44/h1-8,10,12-14,16,26-27,29,31,37-40H,9,11,15,17-18H2/b20-13-/t26-,27+,29-,31-/m1/s1. The molecule has 0 bridgehead atoms. The van der Waals surface area contributed by atoms with Crippen molar-refractivity contribution in [1.29, 1.82) is 0 Å². The molecular formula is C33H31BrN2O8. The smallest absolute Gasteiger partial charge is 0.271 e. The van der Waals surface area contributed by atoms with Gasteiger partial charge in [0.2, 0.25) is 11.8 Å². The number of phenolic OH excluding ortho intramolecular Hbond substituents is 1. The molecule has 1 aliphatic heterocycles. The average molecular weight is 664 g/mol. The van der Waals surface area contributed by atoms with Gasteiger partial charge in [-0.15, -0.1) is 0 Å². The molecule has 0 radical (unpaired) electrons. The van der Waals surface area contributed by atoms with Crippen molar-refractivity contribution in [3.05, 3.63) is 110 Å². The molecule has 3 aromatic carbocycles. The number of carbonyl (C=O) groups is 2. The highest BCUT2D eigenvalue weighted by Gasteiger charge is 2.55. The minimum atomic E-state index is -1.16. The number of halogens is 1. The van der Waals surface area contributed by atoms with Gasteiger partial charge in [0.1, 0.15) is 5.75 Å². The molecular weight excluding hydrogens is 632 g/mol. The number of nitro benzene ring substituents is 1. The third-order valence-electron chi connectivity index (χ3n) is 8.38. The molecule has 11 heteroatoms. The van der Waals surface area contributed by atoms with E-state index in [9.17, 15) is 40.1 Å². The fraction of sp³-hybridized carbons (Fsp3) is 0.273. The van der Waals surface area contributed by atoms with Crippen molar-refractivity contribution in [3.8, 4) is 5.75 Å². The number of nitrogens with zero attached hydrogens (tertiary/aromatic N) is 2. The van der Waals surface area contributed by atoms with Crippen LogP contribution in [-0.2, 0) is 9.59 Å². The lowest BCUT2D eigenvalue weighted by molar-refractivity contribution is -0.384. The van der Waals surface area contributed by atoms with Crippen LogP contribution in [0.15, 0.2) is 88.4 Å². The molecule has 2 amide bonds. The molecule has 0 spiro atoms. The molecule has 1 fully saturated rings. The lowest BCUT2D eigenvalue weighted by Gasteiger charge is -2.36. The first-order chi connectivity index (χ1) is 21.1. The molecule has 4 atom stereocenters. The Kier molecular flexibility index (Phi) is 9.40. The number of hydrogen-bond acceptors (Lipinski definition) is 8. The van der Waals surface area contributed by atoms with Gasteiger partial charge in [-0.25, -0.2) is 4.90 Å². The van der Waals surface area contributed by atoms with Crippen LogP contribution < -0.4 is 4.90 Å². The first-order valence-corrected chi connectivity index (χ1v) is 14.9. The van der Waals surface area contributed by atoms with Crippen molar-refractivity contribution in [2.24, 2.45) is 17.8 Å². The number of anilines is 1. The third kappa shape index (κ3) is 6.09. The molecule has 0 saturated carbocycles. The van der Waals surface area contributed by atoms with Crippen LogP contribution in [0.1, 0.15) is 30.4 Å². The number of benzene rings is 3. The van der Waals surface area contributed by atoms with Gasteiger partial charge in [0.15, 0.2) is 0 Å². The number of fused-ring (bicyclic) bond motifs is 1. The van der Waals surface area contributed by atoms with Gasteiger partial charge in [0.25, 0.3) is 5.69 Å². The summed E-state index contributed by atoms with van der Waals surface area (Å²) in [6.45, 7) is -1.02. The Morgan fingerprint density at radius 2 is 1.80 bits per heavy atom.